The molecule has 1 fully saturated rings. The lowest BCUT2D eigenvalue weighted by atomic mass is 9.91. The van der Waals surface area contributed by atoms with Gasteiger partial charge in [-0.3, -0.25) is 14.9 Å². The fraction of sp³-hybridized carbons (Fsp3) is 0.318. The molecule has 0 spiro atoms. The number of methoxy groups -OCH3 is 1. The van der Waals surface area contributed by atoms with E-state index in [-0.39, 0.29) is 5.82 Å². The van der Waals surface area contributed by atoms with Crippen LogP contribution in [0.25, 0.3) is 0 Å². The molecular formula is C22H23FN4O3. The molecule has 2 aromatic rings. The van der Waals surface area contributed by atoms with E-state index < -0.39 is 23.8 Å². The van der Waals surface area contributed by atoms with Gasteiger partial charge in [-0.2, -0.15) is 0 Å². The molecular weight excluding hydrogens is 387 g/mol. The zero-order chi connectivity index (χ0) is 21.1. The van der Waals surface area contributed by atoms with E-state index >= 15 is 0 Å². The minimum absolute atomic E-state index is 0.251. The van der Waals surface area contributed by atoms with Gasteiger partial charge in [-0.25, -0.2) is 9.38 Å². The third-order valence-electron chi connectivity index (χ3n) is 5.46. The summed E-state index contributed by atoms with van der Waals surface area (Å²) in [6, 6.07) is 15.3. The molecule has 0 aliphatic carbocycles. The van der Waals surface area contributed by atoms with Crippen molar-refractivity contribution in [3.05, 3.63) is 66.0 Å². The second-order valence-electron chi connectivity index (χ2n) is 7.22. The van der Waals surface area contributed by atoms with Gasteiger partial charge in [0.05, 0.1) is 12.8 Å². The maximum absolute atomic E-state index is 14.1. The fourth-order valence-electron chi connectivity index (χ4n) is 3.88. The number of carbonyl (C=O) groups excluding carboxylic acids is 2. The molecule has 0 radical (unpaired) electrons. The first-order valence-electron chi connectivity index (χ1n) is 9.84. The highest BCUT2D eigenvalue weighted by molar-refractivity contribution is 6.08. The van der Waals surface area contributed by atoms with Crippen molar-refractivity contribution >= 4 is 23.5 Å². The number of esters is 1. The number of nitrogens with zero attached hydrogens (tertiary/aromatic N) is 3. The van der Waals surface area contributed by atoms with Gasteiger partial charge >= 0.3 is 5.97 Å². The lowest BCUT2D eigenvalue weighted by molar-refractivity contribution is -0.151. The number of piperazine rings is 1. The van der Waals surface area contributed by atoms with Crippen molar-refractivity contribution in [1.29, 1.82) is 0 Å². The fourth-order valence-corrected chi connectivity index (χ4v) is 3.88. The Morgan fingerprint density at radius 1 is 1.03 bits per heavy atom. The first kappa shape index (κ1) is 19.9. The van der Waals surface area contributed by atoms with Crippen LogP contribution in [0.1, 0.15) is 11.6 Å². The highest BCUT2D eigenvalue weighted by atomic mass is 19.1. The number of carbonyl (C=O) groups is 2. The Bertz CT molecular complexity index is 958. The third kappa shape index (κ3) is 3.85. The van der Waals surface area contributed by atoms with Crippen molar-refractivity contribution in [3.8, 4) is 0 Å². The van der Waals surface area contributed by atoms with E-state index in [4.69, 9.17) is 9.73 Å². The van der Waals surface area contributed by atoms with E-state index in [2.05, 4.69) is 5.32 Å². The minimum Gasteiger partial charge on any atom is -0.468 e. The standard InChI is InChI=1S/C22H23FN4O3/c1-30-21(29)18-19(15-7-3-2-4-8-15)24-22(25-20(18)28)27-13-11-26(12-14-27)17-10-6-5-9-16(17)23/h2-10,18-19H,11-14H2,1H3,(H,24,25,28)/t18-,19+/m0/s1. The molecule has 30 heavy (non-hydrogen) atoms. The average molecular weight is 410 g/mol. The number of hydrogen-bond donors (Lipinski definition) is 1. The molecule has 4 rings (SSSR count). The highest BCUT2D eigenvalue weighted by Crippen LogP contribution is 2.31. The molecule has 0 aromatic heterocycles. The van der Waals surface area contributed by atoms with Crippen LogP contribution in [0.3, 0.4) is 0 Å². The summed E-state index contributed by atoms with van der Waals surface area (Å²) in [6.45, 7) is 2.31. The van der Waals surface area contributed by atoms with Gasteiger partial charge in [-0.15, -0.1) is 0 Å². The average Bonchev–Trinajstić information content (AvgIpc) is 2.79. The van der Waals surface area contributed by atoms with Crippen molar-refractivity contribution in [2.45, 2.75) is 6.04 Å². The Balaban J connectivity index is 1.55. The van der Waals surface area contributed by atoms with Gasteiger partial charge in [-0.1, -0.05) is 42.5 Å². The van der Waals surface area contributed by atoms with E-state index in [1.54, 1.807) is 12.1 Å². The van der Waals surface area contributed by atoms with Crippen LogP contribution in [-0.2, 0) is 14.3 Å². The molecule has 2 aliphatic heterocycles. The minimum atomic E-state index is -1.04. The van der Waals surface area contributed by atoms with Gasteiger partial charge in [0.2, 0.25) is 11.9 Å². The molecule has 156 valence electrons. The van der Waals surface area contributed by atoms with E-state index in [9.17, 15) is 14.0 Å². The van der Waals surface area contributed by atoms with Crippen LogP contribution < -0.4 is 10.2 Å². The summed E-state index contributed by atoms with van der Waals surface area (Å²) in [5, 5.41) is 2.76. The number of benzene rings is 2. The third-order valence-corrected chi connectivity index (χ3v) is 5.46. The summed E-state index contributed by atoms with van der Waals surface area (Å²) >= 11 is 0. The second kappa shape index (κ2) is 8.52. The Morgan fingerprint density at radius 3 is 2.33 bits per heavy atom. The molecule has 1 saturated heterocycles. The Kier molecular flexibility index (Phi) is 5.65. The summed E-state index contributed by atoms with van der Waals surface area (Å²) in [6.07, 6.45) is 0. The number of hydrogen-bond acceptors (Lipinski definition) is 6. The van der Waals surface area contributed by atoms with E-state index in [1.165, 1.54) is 13.2 Å². The molecule has 0 saturated carbocycles. The maximum atomic E-state index is 14.1. The molecule has 1 amide bonds. The lowest BCUT2D eigenvalue weighted by Crippen LogP contribution is -2.57. The lowest BCUT2D eigenvalue weighted by Gasteiger charge is -2.39. The van der Waals surface area contributed by atoms with Gasteiger partial charge < -0.3 is 14.5 Å². The molecule has 2 heterocycles. The predicted molar refractivity (Wildman–Crippen MR) is 110 cm³/mol. The summed E-state index contributed by atoms with van der Waals surface area (Å²) in [5.74, 6) is -1.91. The molecule has 2 aliphatic rings. The van der Waals surface area contributed by atoms with Crippen molar-refractivity contribution < 1.29 is 18.7 Å². The van der Waals surface area contributed by atoms with Crippen molar-refractivity contribution in [2.24, 2.45) is 10.9 Å². The number of halogens is 1. The smallest absolute Gasteiger partial charge is 0.320 e. The van der Waals surface area contributed by atoms with Crippen LogP contribution in [0.15, 0.2) is 59.6 Å². The van der Waals surface area contributed by atoms with Crippen LogP contribution in [0.2, 0.25) is 0 Å². The molecule has 0 bridgehead atoms. The van der Waals surface area contributed by atoms with Crippen molar-refractivity contribution in [1.82, 2.24) is 10.2 Å². The topological polar surface area (TPSA) is 74.2 Å². The number of aliphatic imine (C=N–C) groups is 1. The summed E-state index contributed by atoms with van der Waals surface area (Å²) in [7, 11) is 1.26. The van der Waals surface area contributed by atoms with Crippen LogP contribution in [0.5, 0.6) is 0 Å². The van der Waals surface area contributed by atoms with Gasteiger partial charge in [0, 0.05) is 26.2 Å². The summed E-state index contributed by atoms with van der Waals surface area (Å²) in [4.78, 5) is 33.7. The molecule has 7 nitrogen and oxygen atoms in total. The molecule has 1 N–H and O–H groups in total. The number of guanidine groups is 1. The van der Waals surface area contributed by atoms with Gasteiger partial charge in [0.15, 0.2) is 5.92 Å². The Morgan fingerprint density at radius 2 is 1.67 bits per heavy atom. The van der Waals surface area contributed by atoms with Crippen molar-refractivity contribution in [3.63, 3.8) is 0 Å². The van der Waals surface area contributed by atoms with Crippen LogP contribution in [0, 0.1) is 11.7 Å². The van der Waals surface area contributed by atoms with Crippen LogP contribution >= 0.6 is 0 Å². The zero-order valence-corrected chi connectivity index (χ0v) is 16.6. The van der Waals surface area contributed by atoms with E-state index in [1.807, 2.05) is 46.2 Å². The summed E-state index contributed by atoms with van der Waals surface area (Å²) < 4.78 is 18.9. The predicted octanol–water partition coefficient (Wildman–Crippen LogP) is 1.96. The highest BCUT2D eigenvalue weighted by Gasteiger charge is 2.42. The number of para-hydroxylation sites is 1. The van der Waals surface area contributed by atoms with Crippen molar-refractivity contribution in [2.75, 3.05) is 38.2 Å². The Hall–Kier alpha value is -3.42. The zero-order valence-electron chi connectivity index (χ0n) is 16.6. The second-order valence-corrected chi connectivity index (χ2v) is 7.22. The number of amides is 1. The number of nitrogens with one attached hydrogen (secondary N) is 1. The van der Waals surface area contributed by atoms with Gasteiger partial charge in [-0.05, 0) is 17.7 Å². The normalized spacial score (nSPS) is 21.7. The van der Waals surface area contributed by atoms with Crippen LogP contribution in [0.4, 0.5) is 10.1 Å². The maximum Gasteiger partial charge on any atom is 0.320 e. The monoisotopic (exact) mass is 410 g/mol. The molecule has 8 heteroatoms. The molecule has 0 unspecified atom stereocenters. The van der Waals surface area contributed by atoms with Gasteiger partial charge in [0.1, 0.15) is 11.9 Å². The number of rotatable bonds is 3. The largest absolute Gasteiger partial charge is 0.468 e. The van der Waals surface area contributed by atoms with E-state index in [0.29, 0.717) is 37.8 Å². The van der Waals surface area contributed by atoms with E-state index in [0.717, 1.165) is 5.56 Å². The summed E-state index contributed by atoms with van der Waals surface area (Å²) in [5.41, 5.74) is 1.34. The van der Waals surface area contributed by atoms with Gasteiger partial charge in [0.25, 0.3) is 0 Å². The number of ether oxygens (including phenoxy) is 1. The molecule has 2 aromatic carbocycles. The quantitative estimate of drug-likeness (QED) is 0.619. The SMILES string of the molecule is COC(=O)[C@@H]1C(=O)NC(N2CCN(c3ccccc3F)CC2)=N[C@@H]1c1ccccc1. The van der Waals surface area contributed by atoms with Crippen LogP contribution in [-0.4, -0.2) is 56.0 Å². The Labute approximate surface area is 174 Å². The number of anilines is 1. The first-order chi connectivity index (χ1) is 14.6. The molecule has 2 atom stereocenters. The first-order valence-corrected chi connectivity index (χ1v) is 9.84.